The average Bonchev–Trinajstić information content (AvgIpc) is 2.96. The van der Waals surface area contributed by atoms with Crippen molar-refractivity contribution < 1.29 is 10.2 Å². The van der Waals surface area contributed by atoms with E-state index in [0.717, 1.165) is 32.2 Å². The predicted octanol–water partition coefficient (Wildman–Crippen LogP) is 2.78. The predicted molar refractivity (Wildman–Crippen MR) is 94.2 cm³/mol. The number of aryl methyl sites for hydroxylation is 1. The molecule has 3 nitrogen and oxygen atoms in total. The van der Waals surface area contributed by atoms with Crippen molar-refractivity contribution in [1.82, 2.24) is 4.90 Å². The molecule has 2 unspecified atom stereocenters. The molecule has 124 valence electrons. The quantitative estimate of drug-likeness (QED) is 0.849. The summed E-state index contributed by atoms with van der Waals surface area (Å²) in [5.74, 6) is 0. The third-order valence-electron chi connectivity index (χ3n) is 4.91. The minimum atomic E-state index is -0.275. The fourth-order valence-electron chi connectivity index (χ4n) is 3.60. The number of likely N-dealkylation sites (tertiary alicyclic amines) is 1. The molecule has 1 aliphatic carbocycles. The lowest BCUT2D eigenvalue weighted by Gasteiger charge is -2.22. The van der Waals surface area contributed by atoms with Crippen LogP contribution in [0.2, 0.25) is 0 Å². The molecule has 0 radical (unpaired) electrons. The summed E-state index contributed by atoms with van der Waals surface area (Å²) in [4.78, 5) is 2.22. The van der Waals surface area contributed by atoms with E-state index in [1.807, 2.05) is 0 Å². The van der Waals surface area contributed by atoms with E-state index in [0.29, 0.717) is 13.0 Å². The summed E-state index contributed by atoms with van der Waals surface area (Å²) >= 11 is 0. The number of aliphatic hydroxyl groups excluding tert-OH is 2. The average molecular weight is 313 g/mol. The van der Waals surface area contributed by atoms with Gasteiger partial charge in [0.1, 0.15) is 0 Å². The van der Waals surface area contributed by atoms with Crippen molar-refractivity contribution in [3.05, 3.63) is 53.6 Å². The minimum absolute atomic E-state index is 0.136. The maximum absolute atomic E-state index is 9.71. The minimum Gasteiger partial charge on any atom is -0.395 e. The van der Waals surface area contributed by atoms with Crippen molar-refractivity contribution in [2.24, 2.45) is 0 Å². The molecule has 0 amide bonds. The van der Waals surface area contributed by atoms with Gasteiger partial charge in [-0.3, -0.25) is 4.90 Å². The SMILES string of the molecule is OCC1CC(O)CN1CCCc1ccc(C2=CCCC=C2)cc1. The van der Waals surface area contributed by atoms with E-state index >= 15 is 0 Å². The number of nitrogens with zero attached hydrogens (tertiary/aromatic N) is 1. The molecule has 0 spiro atoms. The lowest BCUT2D eigenvalue weighted by Crippen LogP contribution is -2.33. The molecule has 1 aromatic carbocycles. The van der Waals surface area contributed by atoms with E-state index in [2.05, 4.69) is 47.4 Å². The molecule has 0 bridgehead atoms. The summed E-state index contributed by atoms with van der Waals surface area (Å²) in [5, 5.41) is 19.1. The molecule has 23 heavy (non-hydrogen) atoms. The van der Waals surface area contributed by atoms with Crippen LogP contribution in [-0.2, 0) is 6.42 Å². The van der Waals surface area contributed by atoms with Gasteiger partial charge in [-0.25, -0.2) is 0 Å². The van der Waals surface area contributed by atoms with Crippen LogP contribution in [0.5, 0.6) is 0 Å². The van der Waals surface area contributed by atoms with E-state index in [-0.39, 0.29) is 18.8 Å². The lowest BCUT2D eigenvalue weighted by molar-refractivity contribution is 0.154. The van der Waals surface area contributed by atoms with Crippen LogP contribution in [0.15, 0.2) is 42.5 Å². The van der Waals surface area contributed by atoms with Gasteiger partial charge in [-0.15, -0.1) is 0 Å². The zero-order valence-electron chi connectivity index (χ0n) is 13.7. The van der Waals surface area contributed by atoms with Gasteiger partial charge in [-0.05, 0) is 55.3 Å². The third-order valence-corrected chi connectivity index (χ3v) is 4.91. The normalized spacial score (nSPS) is 24.9. The van der Waals surface area contributed by atoms with Gasteiger partial charge >= 0.3 is 0 Å². The fourth-order valence-corrected chi connectivity index (χ4v) is 3.60. The second-order valence-corrected chi connectivity index (χ2v) is 6.66. The lowest BCUT2D eigenvalue weighted by atomic mass is 9.98. The molecular weight excluding hydrogens is 286 g/mol. The Labute approximate surface area is 138 Å². The van der Waals surface area contributed by atoms with Crippen molar-refractivity contribution in [2.45, 2.75) is 44.2 Å². The van der Waals surface area contributed by atoms with Gasteiger partial charge in [0.2, 0.25) is 0 Å². The highest BCUT2D eigenvalue weighted by Gasteiger charge is 2.29. The summed E-state index contributed by atoms with van der Waals surface area (Å²) in [6, 6.07) is 9.01. The van der Waals surface area contributed by atoms with Crippen molar-refractivity contribution >= 4 is 5.57 Å². The van der Waals surface area contributed by atoms with Crippen LogP contribution < -0.4 is 0 Å². The number of benzene rings is 1. The molecule has 1 heterocycles. The molecule has 1 aliphatic heterocycles. The van der Waals surface area contributed by atoms with Gasteiger partial charge in [0.05, 0.1) is 12.7 Å². The number of hydrogen-bond acceptors (Lipinski definition) is 3. The zero-order valence-corrected chi connectivity index (χ0v) is 13.7. The Balaban J connectivity index is 1.49. The Bertz CT molecular complexity index is 562. The Hall–Kier alpha value is -1.42. The van der Waals surface area contributed by atoms with Gasteiger partial charge in [0.25, 0.3) is 0 Å². The van der Waals surface area contributed by atoms with Crippen LogP contribution in [0.1, 0.15) is 36.8 Å². The van der Waals surface area contributed by atoms with Crippen LogP contribution >= 0.6 is 0 Å². The molecule has 0 saturated carbocycles. The number of rotatable bonds is 6. The Kier molecular flexibility index (Phi) is 5.65. The van der Waals surface area contributed by atoms with E-state index < -0.39 is 0 Å². The monoisotopic (exact) mass is 313 g/mol. The van der Waals surface area contributed by atoms with Gasteiger partial charge in [0, 0.05) is 12.6 Å². The molecule has 2 atom stereocenters. The van der Waals surface area contributed by atoms with Crippen molar-refractivity contribution in [3.63, 3.8) is 0 Å². The highest BCUT2D eigenvalue weighted by atomic mass is 16.3. The highest BCUT2D eigenvalue weighted by molar-refractivity contribution is 5.74. The van der Waals surface area contributed by atoms with E-state index in [1.165, 1.54) is 16.7 Å². The van der Waals surface area contributed by atoms with Gasteiger partial charge in [0.15, 0.2) is 0 Å². The third kappa shape index (κ3) is 4.31. The van der Waals surface area contributed by atoms with E-state index in [1.54, 1.807) is 0 Å². The smallest absolute Gasteiger partial charge is 0.0683 e. The summed E-state index contributed by atoms with van der Waals surface area (Å²) in [7, 11) is 0. The Morgan fingerprint density at radius 3 is 2.65 bits per heavy atom. The number of β-amino-alcohol motifs (C(OH)–C–C–N with tert-alkyl or cyclic N) is 1. The van der Waals surface area contributed by atoms with E-state index in [4.69, 9.17) is 0 Å². The molecule has 1 saturated heterocycles. The zero-order chi connectivity index (χ0) is 16.1. The summed E-state index contributed by atoms with van der Waals surface area (Å²) < 4.78 is 0. The first-order valence-electron chi connectivity index (χ1n) is 8.75. The largest absolute Gasteiger partial charge is 0.395 e. The highest BCUT2D eigenvalue weighted by Crippen LogP contribution is 2.22. The maximum atomic E-state index is 9.71. The first-order chi connectivity index (χ1) is 11.3. The summed E-state index contributed by atoms with van der Waals surface area (Å²) in [5.41, 5.74) is 3.99. The molecule has 3 rings (SSSR count). The molecule has 2 aliphatic rings. The summed E-state index contributed by atoms with van der Waals surface area (Å²) in [6.07, 6.45) is 11.6. The van der Waals surface area contributed by atoms with Gasteiger partial charge in [-0.2, -0.15) is 0 Å². The molecule has 1 aromatic rings. The second-order valence-electron chi connectivity index (χ2n) is 6.66. The number of allylic oxidation sites excluding steroid dienone is 4. The van der Waals surface area contributed by atoms with Crippen molar-refractivity contribution in [3.8, 4) is 0 Å². The Morgan fingerprint density at radius 2 is 1.96 bits per heavy atom. The first-order valence-corrected chi connectivity index (χ1v) is 8.75. The van der Waals surface area contributed by atoms with Crippen LogP contribution in [0, 0.1) is 0 Å². The van der Waals surface area contributed by atoms with E-state index in [9.17, 15) is 10.2 Å². The maximum Gasteiger partial charge on any atom is 0.0683 e. The molecule has 1 fully saturated rings. The molecule has 2 N–H and O–H groups in total. The van der Waals surface area contributed by atoms with Crippen molar-refractivity contribution in [2.75, 3.05) is 19.7 Å². The molecule has 0 aromatic heterocycles. The standard InChI is InChI=1S/C20H27NO2/c22-15-19-13-20(23)14-21(19)12-4-5-16-8-10-18(11-9-16)17-6-2-1-3-7-17/h2,6-11,19-20,22-23H,1,3-5,12-15H2. The molecular formula is C20H27NO2. The van der Waals surface area contributed by atoms with Gasteiger partial charge in [-0.1, -0.05) is 42.5 Å². The van der Waals surface area contributed by atoms with Gasteiger partial charge < -0.3 is 10.2 Å². The Morgan fingerprint density at radius 1 is 1.13 bits per heavy atom. The van der Waals surface area contributed by atoms with Crippen LogP contribution in [0.3, 0.4) is 0 Å². The van der Waals surface area contributed by atoms with Crippen molar-refractivity contribution in [1.29, 1.82) is 0 Å². The second kappa shape index (κ2) is 7.91. The number of hydrogen-bond donors (Lipinski definition) is 2. The first kappa shape index (κ1) is 16.4. The summed E-state index contributed by atoms with van der Waals surface area (Å²) in [6.45, 7) is 1.79. The van der Waals surface area contributed by atoms with Crippen LogP contribution in [0.4, 0.5) is 0 Å². The fraction of sp³-hybridized carbons (Fsp3) is 0.500. The number of aliphatic hydroxyl groups is 2. The van der Waals surface area contributed by atoms with Crippen LogP contribution in [-0.4, -0.2) is 47.0 Å². The topological polar surface area (TPSA) is 43.7 Å². The molecule has 3 heteroatoms. The van der Waals surface area contributed by atoms with Crippen LogP contribution in [0.25, 0.3) is 5.57 Å².